The maximum atomic E-state index is 10.7. The van der Waals surface area contributed by atoms with Gasteiger partial charge in [-0.15, -0.1) is 0 Å². The lowest BCUT2D eigenvalue weighted by molar-refractivity contribution is -0.118. The molecule has 0 fully saturated rings. The number of primary amides is 1. The first-order valence-electron chi connectivity index (χ1n) is 6.51. The van der Waals surface area contributed by atoms with E-state index >= 15 is 0 Å². The van der Waals surface area contributed by atoms with Crippen LogP contribution in [-0.2, 0) is 4.79 Å². The van der Waals surface area contributed by atoms with Gasteiger partial charge in [0.2, 0.25) is 5.91 Å². The Labute approximate surface area is 122 Å². The van der Waals surface area contributed by atoms with Gasteiger partial charge in [0.05, 0.1) is 5.56 Å². The molecule has 5 nitrogen and oxygen atoms in total. The van der Waals surface area contributed by atoms with Crippen molar-refractivity contribution in [2.75, 3.05) is 17.6 Å². The summed E-state index contributed by atoms with van der Waals surface area (Å²) in [4.78, 5) is 10.7. The average Bonchev–Trinajstić information content (AvgIpc) is 2.80. The van der Waals surface area contributed by atoms with E-state index in [4.69, 9.17) is 11.5 Å². The molecule has 1 heterocycles. The van der Waals surface area contributed by atoms with Gasteiger partial charge in [-0.25, -0.2) is 0 Å². The Balaban J connectivity index is 1.98. The summed E-state index contributed by atoms with van der Waals surface area (Å²) in [7, 11) is 0. The minimum Gasteiger partial charge on any atom is -0.382 e. The smallest absolute Gasteiger partial charge is 0.217 e. The number of hydrogen-bond donors (Lipinski definition) is 3. The average molecular weight is 290 g/mol. The molecule has 1 amide bonds. The summed E-state index contributed by atoms with van der Waals surface area (Å²) in [5.41, 5.74) is 13.1. The first kappa shape index (κ1) is 14.3. The Morgan fingerprint density at radius 2 is 2.00 bits per heavy atom. The van der Waals surface area contributed by atoms with Crippen LogP contribution in [0.2, 0.25) is 0 Å². The largest absolute Gasteiger partial charge is 0.382 e. The van der Waals surface area contributed by atoms with Crippen molar-refractivity contribution in [3.05, 3.63) is 30.3 Å². The number of nitrogens with two attached hydrogens (primary N) is 2. The molecule has 20 heavy (non-hydrogen) atoms. The number of carbonyl (C=O) groups is 1. The van der Waals surface area contributed by atoms with Crippen LogP contribution in [0.5, 0.6) is 0 Å². The molecule has 0 aliphatic rings. The summed E-state index contributed by atoms with van der Waals surface area (Å²) in [6.45, 7) is 0.773. The minimum atomic E-state index is -0.253. The summed E-state index contributed by atoms with van der Waals surface area (Å²) in [6, 6.07) is 9.94. The number of anilines is 2. The molecule has 106 valence electrons. The van der Waals surface area contributed by atoms with Gasteiger partial charge >= 0.3 is 0 Å². The van der Waals surface area contributed by atoms with Crippen LogP contribution < -0.4 is 16.8 Å². The van der Waals surface area contributed by atoms with Gasteiger partial charge in [-0.1, -0.05) is 30.3 Å². The van der Waals surface area contributed by atoms with Crippen LogP contribution in [0, 0.1) is 0 Å². The van der Waals surface area contributed by atoms with Crippen molar-refractivity contribution in [2.24, 2.45) is 5.73 Å². The van der Waals surface area contributed by atoms with Gasteiger partial charge in [0, 0.05) is 13.0 Å². The van der Waals surface area contributed by atoms with E-state index in [1.165, 1.54) is 11.5 Å². The number of benzene rings is 1. The number of hydrogen-bond acceptors (Lipinski definition) is 5. The van der Waals surface area contributed by atoms with Crippen molar-refractivity contribution >= 4 is 28.3 Å². The Morgan fingerprint density at radius 1 is 1.25 bits per heavy atom. The van der Waals surface area contributed by atoms with Crippen molar-refractivity contribution in [3.8, 4) is 11.1 Å². The zero-order valence-corrected chi connectivity index (χ0v) is 12.0. The van der Waals surface area contributed by atoms with E-state index in [-0.39, 0.29) is 5.91 Å². The van der Waals surface area contributed by atoms with Crippen molar-refractivity contribution in [1.82, 2.24) is 4.37 Å². The number of nitrogens with zero attached hydrogens (tertiary/aromatic N) is 1. The number of nitrogen functional groups attached to an aromatic ring is 1. The zero-order chi connectivity index (χ0) is 14.4. The third-order valence-corrected chi connectivity index (χ3v) is 3.74. The standard InChI is InChI=1S/C14H18N4OS/c15-11(19)8-4-5-9-17-14-12(13(16)18-20-14)10-6-2-1-3-7-10/h1-3,6-7,17H,4-5,8-9H2,(H2,15,19)(H2,16,18). The second kappa shape index (κ2) is 6.91. The number of unbranched alkanes of at least 4 members (excludes halogenated alkanes) is 1. The lowest BCUT2D eigenvalue weighted by Gasteiger charge is -2.07. The van der Waals surface area contributed by atoms with Crippen molar-refractivity contribution in [3.63, 3.8) is 0 Å². The summed E-state index contributed by atoms with van der Waals surface area (Å²) in [5, 5.41) is 4.30. The van der Waals surface area contributed by atoms with Gasteiger partial charge in [0.25, 0.3) is 0 Å². The van der Waals surface area contributed by atoms with Crippen LogP contribution in [0.15, 0.2) is 30.3 Å². The van der Waals surface area contributed by atoms with E-state index in [1.807, 2.05) is 30.3 Å². The van der Waals surface area contributed by atoms with E-state index in [0.717, 1.165) is 35.5 Å². The molecule has 2 rings (SSSR count). The van der Waals surface area contributed by atoms with Crippen LogP contribution in [0.25, 0.3) is 11.1 Å². The molecule has 0 saturated heterocycles. The molecule has 2 aromatic rings. The number of nitrogens with one attached hydrogen (secondary N) is 1. The van der Waals surface area contributed by atoms with E-state index in [2.05, 4.69) is 9.69 Å². The van der Waals surface area contributed by atoms with E-state index < -0.39 is 0 Å². The normalized spacial score (nSPS) is 10.4. The second-order valence-electron chi connectivity index (χ2n) is 4.49. The highest BCUT2D eigenvalue weighted by Gasteiger charge is 2.12. The zero-order valence-electron chi connectivity index (χ0n) is 11.1. The van der Waals surface area contributed by atoms with E-state index in [0.29, 0.717) is 12.2 Å². The number of carbonyl (C=O) groups excluding carboxylic acids is 1. The molecule has 0 aliphatic heterocycles. The van der Waals surface area contributed by atoms with Crippen molar-refractivity contribution in [1.29, 1.82) is 0 Å². The maximum Gasteiger partial charge on any atom is 0.217 e. The first-order chi connectivity index (χ1) is 9.68. The van der Waals surface area contributed by atoms with Crippen LogP contribution in [0.3, 0.4) is 0 Å². The molecular formula is C14H18N4OS. The summed E-state index contributed by atoms with van der Waals surface area (Å²) in [5.74, 6) is 0.290. The minimum absolute atomic E-state index is 0.253. The molecule has 0 saturated carbocycles. The van der Waals surface area contributed by atoms with Gasteiger partial charge in [0.1, 0.15) is 10.8 Å². The predicted molar refractivity (Wildman–Crippen MR) is 83.5 cm³/mol. The van der Waals surface area contributed by atoms with Gasteiger partial charge < -0.3 is 16.8 Å². The molecule has 0 bridgehead atoms. The summed E-state index contributed by atoms with van der Waals surface area (Å²) < 4.78 is 4.20. The second-order valence-corrected chi connectivity index (χ2v) is 5.26. The molecule has 0 atom stereocenters. The Morgan fingerprint density at radius 3 is 2.70 bits per heavy atom. The van der Waals surface area contributed by atoms with Crippen molar-refractivity contribution < 1.29 is 4.79 Å². The van der Waals surface area contributed by atoms with Crippen molar-refractivity contribution in [2.45, 2.75) is 19.3 Å². The fourth-order valence-corrected chi connectivity index (χ4v) is 2.69. The Kier molecular flexibility index (Phi) is 4.95. The molecule has 0 unspecified atom stereocenters. The first-order valence-corrected chi connectivity index (χ1v) is 7.28. The molecule has 5 N–H and O–H groups in total. The molecule has 0 spiro atoms. The number of rotatable bonds is 7. The highest BCUT2D eigenvalue weighted by Crippen LogP contribution is 2.36. The van der Waals surface area contributed by atoms with E-state index in [9.17, 15) is 4.79 Å². The van der Waals surface area contributed by atoms with Crippen LogP contribution in [-0.4, -0.2) is 16.8 Å². The molecule has 1 aromatic heterocycles. The molecule has 1 aromatic carbocycles. The third kappa shape index (κ3) is 3.71. The number of amides is 1. The molecule has 6 heteroatoms. The highest BCUT2D eigenvalue weighted by molar-refractivity contribution is 7.11. The Bertz CT molecular complexity index is 568. The molecule has 0 aliphatic carbocycles. The van der Waals surface area contributed by atoms with Gasteiger partial charge in [-0.3, -0.25) is 4.79 Å². The van der Waals surface area contributed by atoms with E-state index in [1.54, 1.807) is 0 Å². The van der Waals surface area contributed by atoms with Crippen LogP contribution in [0.4, 0.5) is 10.8 Å². The SMILES string of the molecule is NC(=O)CCCCNc1snc(N)c1-c1ccccc1. The topological polar surface area (TPSA) is 94.0 Å². The van der Waals surface area contributed by atoms with Gasteiger partial charge in [-0.2, -0.15) is 4.37 Å². The lowest BCUT2D eigenvalue weighted by Crippen LogP contribution is -2.10. The monoisotopic (exact) mass is 290 g/mol. The lowest BCUT2D eigenvalue weighted by atomic mass is 10.1. The summed E-state index contributed by atoms with van der Waals surface area (Å²) in [6.07, 6.45) is 2.10. The molecular weight excluding hydrogens is 272 g/mol. The van der Waals surface area contributed by atoms with Crippen LogP contribution in [0.1, 0.15) is 19.3 Å². The predicted octanol–water partition coefficient (Wildman–Crippen LogP) is 2.46. The highest BCUT2D eigenvalue weighted by atomic mass is 32.1. The van der Waals surface area contributed by atoms with Gasteiger partial charge in [0.15, 0.2) is 0 Å². The summed E-state index contributed by atoms with van der Waals surface area (Å²) >= 11 is 1.36. The molecule has 0 radical (unpaired) electrons. The number of aromatic nitrogens is 1. The maximum absolute atomic E-state index is 10.7. The Hall–Kier alpha value is -2.08. The fourth-order valence-electron chi connectivity index (χ4n) is 1.93. The quantitative estimate of drug-likeness (QED) is 0.683. The van der Waals surface area contributed by atoms with Gasteiger partial charge in [-0.05, 0) is 29.9 Å². The third-order valence-electron chi connectivity index (χ3n) is 2.92. The fraction of sp³-hybridized carbons (Fsp3) is 0.286. The van der Waals surface area contributed by atoms with Crippen LogP contribution >= 0.6 is 11.5 Å².